The van der Waals surface area contributed by atoms with Crippen LogP contribution in [0, 0.1) is 5.82 Å². The first-order valence-corrected chi connectivity index (χ1v) is 6.18. The lowest BCUT2D eigenvalue weighted by Gasteiger charge is -2.22. The van der Waals surface area contributed by atoms with E-state index in [1.54, 1.807) is 0 Å². The highest BCUT2D eigenvalue weighted by molar-refractivity contribution is 5.19. The van der Waals surface area contributed by atoms with Gasteiger partial charge in [-0.1, -0.05) is 32.4 Å². The van der Waals surface area contributed by atoms with Crippen molar-refractivity contribution in [2.45, 2.75) is 52.1 Å². The molecule has 0 heterocycles. The molecule has 1 nitrogen and oxygen atoms in total. The van der Waals surface area contributed by atoms with Crippen molar-refractivity contribution in [3.8, 4) is 0 Å². The van der Waals surface area contributed by atoms with Gasteiger partial charge in [0, 0.05) is 12.1 Å². The molecule has 2 heteroatoms. The van der Waals surface area contributed by atoms with E-state index < -0.39 is 0 Å². The summed E-state index contributed by atoms with van der Waals surface area (Å²) < 4.78 is 12.8. The fourth-order valence-corrected chi connectivity index (χ4v) is 2.00. The molecule has 1 N–H and O–H groups in total. The minimum Gasteiger partial charge on any atom is -0.307 e. The molecule has 0 saturated heterocycles. The molecule has 0 saturated carbocycles. The highest BCUT2D eigenvalue weighted by Crippen LogP contribution is 2.18. The van der Waals surface area contributed by atoms with Gasteiger partial charge in [0.2, 0.25) is 0 Å². The Morgan fingerprint density at radius 1 is 1.19 bits per heavy atom. The van der Waals surface area contributed by atoms with Crippen molar-refractivity contribution >= 4 is 0 Å². The second-order valence-corrected chi connectivity index (χ2v) is 4.37. The summed E-state index contributed by atoms with van der Waals surface area (Å²) >= 11 is 0. The minimum absolute atomic E-state index is 0.166. The Kier molecular flexibility index (Phi) is 5.47. The van der Waals surface area contributed by atoms with E-state index in [1.807, 2.05) is 12.1 Å². The predicted molar refractivity (Wildman–Crippen MR) is 66.9 cm³/mol. The number of hydrogen-bond acceptors (Lipinski definition) is 1. The van der Waals surface area contributed by atoms with Crippen LogP contribution in [0.2, 0.25) is 0 Å². The Hall–Kier alpha value is -0.890. The SMILES string of the molecule is CCCC(C)NC(CC)c1ccc(F)cc1. The Balaban J connectivity index is 2.63. The van der Waals surface area contributed by atoms with Crippen molar-refractivity contribution in [3.63, 3.8) is 0 Å². The molecule has 0 spiro atoms. The van der Waals surface area contributed by atoms with Gasteiger partial charge in [-0.2, -0.15) is 0 Å². The third-order valence-corrected chi connectivity index (χ3v) is 2.89. The van der Waals surface area contributed by atoms with Crippen molar-refractivity contribution in [2.24, 2.45) is 0 Å². The van der Waals surface area contributed by atoms with Crippen LogP contribution >= 0.6 is 0 Å². The van der Waals surface area contributed by atoms with Crippen molar-refractivity contribution in [3.05, 3.63) is 35.6 Å². The predicted octanol–water partition coefficient (Wildman–Crippen LogP) is 4.06. The van der Waals surface area contributed by atoms with Gasteiger partial charge in [-0.05, 0) is 37.5 Å². The van der Waals surface area contributed by atoms with Crippen LogP contribution in [0.5, 0.6) is 0 Å². The van der Waals surface area contributed by atoms with E-state index >= 15 is 0 Å². The molecule has 16 heavy (non-hydrogen) atoms. The Morgan fingerprint density at radius 3 is 2.31 bits per heavy atom. The first-order valence-electron chi connectivity index (χ1n) is 6.18. The molecule has 0 aliphatic carbocycles. The standard InChI is InChI=1S/C14H22FN/c1-4-6-11(3)16-14(5-2)12-7-9-13(15)10-8-12/h7-11,14,16H,4-6H2,1-3H3. The minimum atomic E-state index is -0.166. The zero-order valence-electron chi connectivity index (χ0n) is 10.5. The largest absolute Gasteiger partial charge is 0.307 e. The zero-order valence-corrected chi connectivity index (χ0v) is 10.5. The van der Waals surface area contributed by atoms with Gasteiger partial charge in [0.15, 0.2) is 0 Å². The van der Waals surface area contributed by atoms with E-state index in [1.165, 1.54) is 30.5 Å². The summed E-state index contributed by atoms with van der Waals surface area (Å²) in [5.74, 6) is -0.166. The van der Waals surface area contributed by atoms with E-state index in [4.69, 9.17) is 0 Å². The first kappa shape index (κ1) is 13.2. The summed E-state index contributed by atoms with van der Waals surface area (Å²) in [6.45, 7) is 6.55. The van der Waals surface area contributed by atoms with Crippen LogP contribution in [-0.4, -0.2) is 6.04 Å². The van der Waals surface area contributed by atoms with Gasteiger partial charge in [0.05, 0.1) is 0 Å². The summed E-state index contributed by atoms with van der Waals surface area (Å²) in [4.78, 5) is 0. The van der Waals surface area contributed by atoms with Crippen LogP contribution < -0.4 is 5.32 Å². The lowest BCUT2D eigenvalue weighted by molar-refractivity contribution is 0.424. The third-order valence-electron chi connectivity index (χ3n) is 2.89. The highest BCUT2D eigenvalue weighted by atomic mass is 19.1. The molecule has 2 atom stereocenters. The summed E-state index contributed by atoms with van der Waals surface area (Å²) in [5.41, 5.74) is 1.17. The molecule has 2 unspecified atom stereocenters. The maximum atomic E-state index is 12.8. The average molecular weight is 223 g/mol. The van der Waals surface area contributed by atoms with E-state index in [9.17, 15) is 4.39 Å². The molecule has 0 aromatic heterocycles. The maximum absolute atomic E-state index is 12.8. The van der Waals surface area contributed by atoms with Crippen LogP contribution in [-0.2, 0) is 0 Å². The second-order valence-electron chi connectivity index (χ2n) is 4.37. The van der Waals surface area contributed by atoms with Gasteiger partial charge in [0.1, 0.15) is 5.82 Å². The first-order chi connectivity index (χ1) is 7.67. The molecular formula is C14H22FN. The van der Waals surface area contributed by atoms with Crippen LogP contribution in [0.25, 0.3) is 0 Å². The normalized spacial score (nSPS) is 14.8. The summed E-state index contributed by atoms with van der Waals surface area (Å²) in [7, 11) is 0. The second kappa shape index (κ2) is 6.64. The van der Waals surface area contributed by atoms with Gasteiger partial charge < -0.3 is 5.32 Å². The third kappa shape index (κ3) is 3.93. The Morgan fingerprint density at radius 2 is 1.81 bits per heavy atom. The molecule has 0 bridgehead atoms. The van der Waals surface area contributed by atoms with Crippen molar-refractivity contribution in [1.29, 1.82) is 0 Å². The molecule has 1 aromatic rings. The van der Waals surface area contributed by atoms with Gasteiger partial charge in [-0.15, -0.1) is 0 Å². The number of nitrogens with one attached hydrogen (secondary N) is 1. The monoisotopic (exact) mass is 223 g/mol. The van der Waals surface area contributed by atoms with Crippen LogP contribution in [0.15, 0.2) is 24.3 Å². The van der Waals surface area contributed by atoms with Crippen LogP contribution in [0.4, 0.5) is 4.39 Å². The van der Waals surface area contributed by atoms with Gasteiger partial charge in [-0.3, -0.25) is 0 Å². The lowest BCUT2D eigenvalue weighted by Crippen LogP contribution is -2.30. The number of hydrogen-bond donors (Lipinski definition) is 1. The molecule has 0 aliphatic heterocycles. The molecule has 0 amide bonds. The fraction of sp³-hybridized carbons (Fsp3) is 0.571. The van der Waals surface area contributed by atoms with E-state index in [2.05, 4.69) is 26.1 Å². The van der Waals surface area contributed by atoms with E-state index in [0.29, 0.717) is 12.1 Å². The summed E-state index contributed by atoms with van der Waals surface area (Å²) in [6.07, 6.45) is 3.39. The van der Waals surface area contributed by atoms with Crippen molar-refractivity contribution in [1.82, 2.24) is 5.32 Å². The quantitative estimate of drug-likeness (QED) is 0.767. The number of rotatable bonds is 6. The molecule has 1 rings (SSSR count). The van der Waals surface area contributed by atoms with Crippen molar-refractivity contribution in [2.75, 3.05) is 0 Å². The molecule has 90 valence electrons. The fourth-order valence-electron chi connectivity index (χ4n) is 2.00. The summed E-state index contributed by atoms with van der Waals surface area (Å²) in [6, 6.07) is 7.65. The smallest absolute Gasteiger partial charge is 0.123 e. The van der Waals surface area contributed by atoms with Crippen LogP contribution in [0.1, 0.15) is 51.6 Å². The van der Waals surface area contributed by atoms with E-state index in [0.717, 1.165) is 6.42 Å². The average Bonchev–Trinajstić information content (AvgIpc) is 2.27. The van der Waals surface area contributed by atoms with Gasteiger partial charge in [-0.25, -0.2) is 4.39 Å². The molecule has 1 aromatic carbocycles. The van der Waals surface area contributed by atoms with Crippen molar-refractivity contribution < 1.29 is 4.39 Å². The maximum Gasteiger partial charge on any atom is 0.123 e. The highest BCUT2D eigenvalue weighted by Gasteiger charge is 2.11. The van der Waals surface area contributed by atoms with Gasteiger partial charge >= 0.3 is 0 Å². The topological polar surface area (TPSA) is 12.0 Å². The van der Waals surface area contributed by atoms with E-state index in [-0.39, 0.29) is 5.82 Å². The molecule has 0 fully saturated rings. The van der Waals surface area contributed by atoms with Crippen LogP contribution in [0.3, 0.4) is 0 Å². The summed E-state index contributed by atoms with van der Waals surface area (Å²) in [5, 5.41) is 3.58. The molecule has 0 radical (unpaired) electrons. The lowest BCUT2D eigenvalue weighted by atomic mass is 10.0. The number of halogens is 1. The number of benzene rings is 1. The van der Waals surface area contributed by atoms with Gasteiger partial charge in [0.25, 0.3) is 0 Å². The molecule has 0 aliphatic rings. The Labute approximate surface area is 98.1 Å². The molecular weight excluding hydrogens is 201 g/mol. The Bertz CT molecular complexity index is 294. The zero-order chi connectivity index (χ0) is 12.0.